The van der Waals surface area contributed by atoms with Crippen molar-refractivity contribution in [3.63, 3.8) is 0 Å². The quantitative estimate of drug-likeness (QED) is 0.404. The number of benzene rings is 2. The fourth-order valence-corrected chi connectivity index (χ4v) is 11.1. The van der Waals surface area contributed by atoms with Crippen LogP contribution in [0.4, 0.5) is 0 Å². The van der Waals surface area contributed by atoms with E-state index in [4.69, 9.17) is 9.47 Å². The molecule has 3 atom stereocenters. The lowest BCUT2D eigenvalue weighted by Crippen LogP contribution is -2.54. The first-order valence-electron chi connectivity index (χ1n) is 18.6. The molecule has 4 aliphatic heterocycles. The monoisotopic (exact) mass is 701 g/mol. The van der Waals surface area contributed by atoms with Gasteiger partial charge in [-0.3, -0.25) is 14.5 Å². The largest absolute Gasteiger partial charge is 0.497 e. The van der Waals surface area contributed by atoms with Crippen LogP contribution in [0.25, 0.3) is 22.2 Å². The minimum atomic E-state index is -4.03. The molecule has 5 heterocycles. The van der Waals surface area contributed by atoms with Gasteiger partial charge in [0.1, 0.15) is 5.75 Å². The molecule has 2 saturated carbocycles. The second-order valence-corrected chi connectivity index (χ2v) is 17.0. The van der Waals surface area contributed by atoms with Crippen molar-refractivity contribution in [1.82, 2.24) is 23.4 Å². The fraction of sp³-hybridized carbons (Fsp3) is 0.579. The molecule has 2 aliphatic carbocycles. The van der Waals surface area contributed by atoms with Crippen LogP contribution >= 0.6 is 0 Å². The molecule has 2 amide bonds. The number of ether oxygens (including phenoxy) is 2. The van der Waals surface area contributed by atoms with Gasteiger partial charge in [-0.05, 0) is 86.0 Å². The van der Waals surface area contributed by atoms with Crippen LogP contribution in [0, 0.1) is 5.41 Å². The van der Waals surface area contributed by atoms with E-state index in [0.717, 1.165) is 79.8 Å². The number of nitrogens with zero attached hydrogens (tertiary/aromatic N) is 4. The van der Waals surface area contributed by atoms with Gasteiger partial charge in [-0.2, -0.15) is 12.7 Å². The predicted octanol–water partition coefficient (Wildman–Crippen LogP) is 4.47. The number of aromatic nitrogens is 1. The number of amides is 2. The number of fused-ring (bicyclic) bond motifs is 8. The van der Waals surface area contributed by atoms with Gasteiger partial charge in [0, 0.05) is 73.3 Å². The van der Waals surface area contributed by atoms with Crippen LogP contribution < -0.4 is 9.46 Å². The minimum Gasteiger partial charge on any atom is -0.497 e. The highest BCUT2D eigenvalue weighted by molar-refractivity contribution is 7.87. The number of morpholine rings is 1. The summed E-state index contributed by atoms with van der Waals surface area (Å²) in [4.78, 5) is 33.2. The van der Waals surface area contributed by atoms with Crippen molar-refractivity contribution in [2.24, 2.45) is 5.41 Å². The lowest BCUT2D eigenvalue weighted by atomic mass is 9.81. The van der Waals surface area contributed by atoms with E-state index in [-0.39, 0.29) is 30.5 Å². The molecule has 11 nitrogen and oxygen atoms in total. The van der Waals surface area contributed by atoms with Crippen molar-refractivity contribution in [3.05, 3.63) is 53.1 Å². The molecule has 0 bridgehead atoms. The molecule has 3 saturated heterocycles. The Kier molecular flexibility index (Phi) is 8.02. The molecule has 6 aliphatic rings. The van der Waals surface area contributed by atoms with Gasteiger partial charge in [0.2, 0.25) is 5.91 Å². The fourth-order valence-electron chi connectivity index (χ4n) is 9.94. The summed E-state index contributed by atoms with van der Waals surface area (Å²) in [5.74, 6) is 0.802. The summed E-state index contributed by atoms with van der Waals surface area (Å²) in [5, 5.41) is 1.09. The normalized spacial score (nSPS) is 27.2. The highest BCUT2D eigenvalue weighted by Crippen LogP contribution is 2.66. The minimum absolute atomic E-state index is 0.0704. The Labute approximate surface area is 294 Å². The zero-order valence-corrected chi connectivity index (χ0v) is 29.7. The van der Waals surface area contributed by atoms with Crippen LogP contribution in [0.15, 0.2) is 36.4 Å². The number of carbonyl (C=O) groups excluding carboxylic acids is 2. The molecular formula is C38H47N5O6S. The summed E-state index contributed by atoms with van der Waals surface area (Å²) in [6, 6.07) is 12.4. The third-order valence-corrected chi connectivity index (χ3v) is 14.1. The summed E-state index contributed by atoms with van der Waals surface area (Å²) in [6.07, 6.45) is 8.87. The second kappa shape index (κ2) is 12.4. The first kappa shape index (κ1) is 32.5. The number of nitrogens with one attached hydrogen (secondary N) is 1. The van der Waals surface area contributed by atoms with Crippen molar-refractivity contribution >= 4 is 32.9 Å². The van der Waals surface area contributed by atoms with E-state index >= 15 is 0 Å². The van der Waals surface area contributed by atoms with Gasteiger partial charge >= 0.3 is 10.2 Å². The maximum atomic E-state index is 14.9. The van der Waals surface area contributed by atoms with E-state index in [0.29, 0.717) is 31.7 Å². The zero-order chi connectivity index (χ0) is 34.2. The molecule has 12 heteroatoms. The average molecular weight is 702 g/mol. The van der Waals surface area contributed by atoms with Gasteiger partial charge < -0.3 is 18.9 Å². The van der Waals surface area contributed by atoms with Gasteiger partial charge in [0.25, 0.3) is 5.91 Å². The van der Waals surface area contributed by atoms with Crippen LogP contribution in [0.1, 0.15) is 84.7 Å². The maximum Gasteiger partial charge on any atom is 0.304 e. The Bertz CT molecular complexity index is 1960. The molecule has 0 radical (unpaired) electrons. The Balaban J connectivity index is 1.17. The zero-order valence-electron chi connectivity index (χ0n) is 28.9. The van der Waals surface area contributed by atoms with Crippen LogP contribution in [0.5, 0.6) is 5.75 Å². The number of methoxy groups -OCH3 is 1. The van der Waals surface area contributed by atoms with Crippen molar-refractivity contribution < 1.29 is 27.5 Å². The average Bonchev–Trinajstić information content (AvgIpc) is 3.56. The first-order chi connectivity index (χ1) is 24.3. The molecule has 1 aromatic heterocycles. The third-order valence-electron chi connectivity index (χ3n) is 12.6. The summed E-state index contributed by atoms with van der Waals surface area (Å²) in [6.45, 7) is 5.12. The smallest absolute Gasteiger partial charge is 0.304 e. The molecule has 50 heavy (non-hydrogen) atoms. The third kappa shape index (κ3) is 5.28. The van der Waals surface area contributed by atoms with Crippen molar-refractivity contribution in [3.8, 4) is 17.0 Å². The summed E-state index contributed by atoms with van der Waals surface area (Å²) >= 11 is 0. The number of hydrogen-bond acceptors (Lipinski definition) is 7. The molecular weight excluding hydrogens is 655 g/mol. The van der Waals surface area contributed by atoms with Gasteiger partial charge in [-0.1, -0.05) is 25.3 Å². The van der Waals surface area contributed by atoms with Crippen LogP contribution in [-0.4, -0.2) is 105 Å². The standard InChI is InChI=1S/C38H47N5O6S/c1-48-28-10-12-29-31(21-28)32-22-38(32,37(45)41-15-14-40-13-5-8-27(40)23-41)24-43-33-20-26(36(44)39-50(46,47)42-16-18-49-19-17-42)9-11-30(33)34(35(29)43)25-6-3-2-4-7-25/h9-12,20-21,25,27,32H,2-8,13-19,22-24H2,1H3,(H,39,44). The maximum absolute atomic E-state index is 14.9. The molecule has 266 valence electrons. The van der Waals surface area contributed by atoms with E-state index in [2.05, 4.69) is 31.2 Å². The molecule has 5 fully saturated rings. The van der Waals surface area contributed by atoms with Gasteiger partial charge in [-0.15, -0.1) is 0 Å². The summed E-state index contributed by atoms with van der Waals surface area (Å²) in [5.41, 5.74) is 5.33. The number of piperazine rings is 1. The van der Waals surface area contributed by atoms with Crippen LogP contribution in [0.3, 0.4) is 0 Å². The summed E-state index contributed by atoms with van der Waals surface area (Å²) in [7, 11) is -2.33. The van der Waals surface area contributed by atoms with E-state index in [1.165, 1.54) is 41.1 Å². The van der Waals surface area contributed by atoms with E-state index in [9.17, 15) is 18.0 Å². The summed E-state index contributed by atoms with van der Waals surface area (Å²) < 4.78 is 43.3. The molecule has 0 spiro atoms. The Morgan fingerprint density at radius 3 is 2.56 bits per heavy atom. The second-order valence-electron chi connectivity index (χ2n) is 15.3. The van der Waals surface area contributed by atoms with Gasteiger partial charge in [0.15, 0.2) is 0 Å². The number of carbonyl (C=O) groups is 2. The van der Waals surface area contributed by atoms with Gasteiger partial charge in [0.05, 0.1) is 31.4 Å². The molecule has 2 aromatic carbocycles. The molecule has 9 rings (SSSR count). The van der Waals surface area contributed by atoms with Crippen molar-refractivity contribution in [2.45, 2.75) is 75.8 Å². The van der Waals surface area contributed by atoms with E-state index in [1.807, 2.05) is 18.2 Å². The topological polar surface area (TPSA) is 113 Å². The van der Waals surface area contributed by atoms with Crippen LogP contribution in [0.2, 0.25) is 0 Å². The van der Waals surface area contributed by atoms with Crippen LogP contribution in [-0.2, 0) is 26.3 Å². The molecule has 1 N–H and O–H groups in total. The Morgan fingerprint density at radius 2 is 1.76 bits per heavy atom. The Hall–Kier alpha value is -3.45. The first-order valence-corrected chi connectivity index (χ1v) is 20.0. The highest BCUT2D eigenvalue weighted by Gasteiger charge is 2.64. The van der Waals surface area contributed by atoms with Crippen molar-refractivity contribution in [2.75, 3.05) is 59.6 Å². The molecule has 3 unspecified atom stereocenters. The van der Waals surface area contributed by atoms with E-state index in [1.54, 1.807) is 13.2 Å². The highest BCUT2D eigenvalue weighted by atomic mass is 32.2. The Morgan fingerprint density at radius 1 is 0.940 bits per heavy atom. The number of rotatable bonds is 6. The molecule has 3 aromatic rings. The predicted molar refractivity (Wildman–Crippen MR) is 189 cm³/mol. The lowest BCUT2D eigenvalue weighted by Gasteiger charge is -2.39. The lowest BCUT2D eigenvalue weighted by molar-refractivity contribution is -0.140. The van der Waals surface area contributed by atoms with E-state index < -0.39 is 21.5 Å². The van der Waals surface area contributed by atoms with Gasteiger partial charge in [-0.25, -0.2) is 4.72 Å². The van der Waals surface area contributed by atoms with Crippen molar-refractivity contribution in [1.29, 1.82) is 0 Å². The number of hydrogen-bond donors (Lipinski definition) is 1. The SMILES string of the molecule is COc1ccc2c(c1)C1CC1(C(=O)N1CCN3CCCC3C1)Cn1c-2c(C2CCCCC2)c2ccc(C(=O)NS(=O)(=O)N3CCOCC3)cc21.